The first-order valence-corrected chi connectivity index (χ1v) is 11.9. The Bertz CT molecular complexity index is 1070. The molecule has 4 rings (SSSR count). The lowest BCUT2D eigenvalue weighted by Gasteiger charge is -2.23. The molecule has 2 aromatic carbocycles. The highest BCUT2D eigenvalue weighted by molar-refractivity contribution is 5.97. The van der Waals surface area contributed by atoms with E-state index in [0.717, 1.165) is 18.4 Å². The average Bonchev–Trinajstić information content (AvgIpc) is 3.56. The molecule has 1 N–H and O–H groups in total. The normalized spacial score (nSPS) is 21.4. The van der Waals surface area contributed by atoms with Crippen molar-refractivity contribution in [2.24, 2.45) is 5.92 Å². The smallest absolute Gasteiger partial charge is 0.240 e. The lowest BCUT2D eigenvalue weighted by atomic mass is 9.95. The van der Waals surface area contributed by atoms with Crippen LogP contribution in [0.2, 0.25) is 0 Å². The van der Waals surface area contributed by atoms with Crippen LogP contribution < -0.4 is 19.5 Å². The third kappa shape index (κ3) is 5.57. The van der Waals surface area contributed by atoms with Crippen molar-refractivity contribution in [3.05, 3.63) is 53.6 Å². The molecule has 2 heterocycles. The Labute approximate surface area is 205 Å². The van der Waals surface area contributed by atoms with Crippen molar-refractivity contribution >= 4 is 11.7 Å². The second kappa shape index (κ2) is 11.2. The van der Waals surface area contributed by atoms with Crippen molar-refractivity contribution in [1.29, 1.82) is 5.26 Å². The van der Waals surface area contributed by atoms with E-state index in [1.54, 1.807) is 17.0 Å². The van der Waals surface area contributed by atoms with Crippen LogP contribution in [-0.2, 0) is 11.4 Å². The lowest BCUT2D eigenvalue weighted by molar-refractivity contribution is -0.133. The molecule has 0 spiro atoms. The van der Waals surface area contributed by atoms with Gasteiger partial charge in [0.05, 0.1) is 26.3 Å². The van der Waals surface area contributed by atoms with E-state index in [1.165, 1.54) is 14.2 Å². The van der Waals surface area contributed by atoms with Crippen molar-refractivity contribution in [3.8, 4) is 23.3 Å². The monoisotopic (exact) mass is 477 g/mol. The fourth-order valence-electron chi connectivity index (χ4n) is 4.81. The molecule has 8 heteroatoms. The highest BCUT2D eigenvalue weighted by atomic mass is 16.5. The zero-order valence-corrected chi connectivity index (χ0v) is 20.2. The summed E-state index contributed by atoms with van der Waals surface area (Å²) in [5, 5.41) is 12.5. The average molecular weight is 478 g/mol. The van der Waals surface area contributed by atoms with Gasteiger partial charge >= 0.3 is 0 Å². The Balaban J connectivity index is 1.41. The molecular weight excluding hydrogens is 446 g/mol. The van der Waals surface area contributed by atoms with E-state index in [2.05, 4.69) is 11.4 Å². The molecule has 2 aliphatic heterocycles. The molecule has 0 saturated carbocycles. The predicted molar refractivity (Wildman–Crippen MR) is 130 cm³/mol. The fourth-order valence-corrected chi connectivity index (χ4v) is 4.81. The van der Waals surface area contributed by atoms with Gasteiger partial charge in [0.2, 0.25) is 11.7 Å². The molecule has 0 bridgehead atoms. The summed E-state index contributed by atoms with van der Waals surface area (Å²) in [6.45, 7) is 1.55. The number of nitrogens with zero attached hydrogens (tertiary/aromatic N) is 2. The van der Waals surface area contributed by atoms with Gasteiger partial charge < -0.3 is 24.4 Å². The van der Waals surface area contributed by atoms with Crippen molar-refractivity contribution in [2.45, 2.75) is 44.4 Å². The Morgan fingerprint density at radius 3 is 2.51 bits per heavy atom. The van der Waals surface area contributed by atoms with Crippen LogP contribution in [0.5, 0.6) is 17.2 Å². The minimum absolute atomic E-state index is 0.0329. The summed E-state index contributed by atoms with van der Waals surface area (Å²) in [5.41, 5.74) is 1.48. The topological polar surface area (TPSA) is 101 Å². The molecule has 0 radical (unpaired) electrons. The molecule has 2 saturated heterocycles. The first-order chi connectivity index (χ1) is 17.0. The number of methoxy groups -OCH3 is 2. The lowest BCUT2D eigenvalue weighted by Crippen LogP contribution is -2.45. The van der Waals surface area contributed by atoms with Crippen LogP contribution in [0.1, 0.15) is 41.6 Å². The summed E-state index contributed by atoms with van der Waals surface area (Å²) in [6.07, 6.45) is 2.46. The van der Waals surface area contributed by atoms with Crippen LogP contribution in [0.25, 0.3) is 0 Å². The van der Waals surface area contributed by atoms with E-state index in [1.807, 2.05) is 30.3 Å². The Kier molecular flexibility index (Phi) is 7.88. The summed E-state index contributed by atoms with van der Waals surface area (Å²) < 4.78 is 17.0. The SMILES string of the molecule is COc1cc(C(=O)C[C@H]2CN[C@H](C(=O)N3CCCC3C#N)C2)cc(OC)c1OCc1ccccc1. The molecule has 35 heavy (non-hydrogen) atoms. The fraction of sp³-hybridized carbons (Fsp3) is 0.444. The van der Waals surface area contributed by atoms with Gasteiger partial charge in [0.1, 0.15) is 12.6 Å². The first-order valence-electron chi connectivity index (χ1n) is 11.9. The summed E-state index contributed by atoms with van der Waals surface area (Å²) in [6, 6.07) is 14.6. The number of nitrogens with one attached hydrogen (secondary N) is 1. The molecule has 0 aliphatic carbocycles. The predicted octanol–water partition coefficient (Wildman–Crippen LogP) is 3.35. The number of rotatable bonds is 9. The highest BCUT2D eigenvalue weighted by Crippen LogP contribution is 2.39. The van der Waals surface area contributed by atoms with Crippen molar-refractivity contribution in [2.75, 3.05) is 27.3 Å². The number of likely N-dealkylation sites (tertiary alicyclic amines) is 1. The second-order valence-electron chi connectivity index (χ2n) is 8.99. The standard InChI is InChI=1S/C27H31N3O5/c1-33-24-13-20(14-25(34-2)26(24)35-17-18-7-4-3-5-8-18)23(31)12-19-11-22(29-16-19)27(32)30-10-6-9-21(30)15-28/h3-5,7-8,13-14,19,21-22,29H,6,9-12,16-17H2,1-2H3/t19-,21?,22-/m0/s1. The molecule has 2 aliphatic rings. The zero-order valence-electron chi connectivity index (χ0n) is 20.2. The Hall–Kier alpha value is -3.57. The summed E-state index contributed by atoms with van der Waals surface area (Å²) in [4.78, 5) is 27.7. The van der Waals surface area contributed by atoms with Crippen LogP contribution in [0.3, 0.4) is 0 Å². The molecule has 2 aromatic rings. The van der Waals surface area contributed by atoms with Crippen LogP contribution in [0.15, 0.2) is 42.5 Å². The molecule has 3 atom stereocenters. The summed E-state index contributed by atoms with van der Waals surface area (Å²) >= 11 is 0. The number of carbonyl (C=O) groups excluding carboxylic acids is 2. The number of ether oxygens (including phenoxy) is 3. The quantitative estimate of drug-likeness (QED) is 0.553. The highest BCUT2D eigenvalue weighted by Gasteiger charge is 2.37. The summed E-state index contributed by atoms with van der Waals surface area (Å²) in [5.74, 6) is 1.25. The molecule has 1 unspecified atom stereocenters. The molecule has 2 fully saturated rings. The number of nitriles is 1. The number of carbonyl (C=O) groups is 2. The van der Waals surface area contributed by atoms with E-state index in [-0.39, 0.29) is 29.7 Å². The number of benzene rings is 2. The van der Waals surface area contributed by atoms with Gasteiger partial charge in [-0.3, -0.25) is 9.59 Å². The Morgan fingerprint density at radius 2 is 1.86 bits per heavy atom. The van der Waals surface area contributed by atoms with E-state index >= 15 is 0 Å². The maximum atomic E-state index is 13.1. The molecule has 0 aromatic heterocycles. The van der Waals surface area contributed by atoms with Gasteiger partial charge in [-0.05, 0) is 49.4 Å². The van der Waals surface area contributed by atoms with Gasteiger partial charge in [0.25, 0.3) is 0 Å². The number of hydrogen-bond donors (Lipinski definition) is 1. The van der Waals surface area contributed by atoms with Crippen LogP contribution in [-0.4, -0.2) is 56.0 Å². The second-order valence-corrected chi connectivity index (χ2v) is 8.99. The van der Waals surface area contributed by atoms with E-state index < -0.39 is 0 Å². The number of hydrogen-bond acceptors (Lipinski definition) is 7. The van der Waals surface area contributed by atoms with Crippen LogP contribution in [0, 0.1) is 17.2 Å². The first kappa shape index (κ1) is 24.6. The number of ketones is 1. The maximum Gasteiger partial charge on any atom is 0.240 e. The van der Waals surface area contributed by atoms with Gasteiger partial charge in [-0.15, -0.1) is 0 Å². The van der Waals surface area contributed by atoms with E-state index in [4.69, 9.17) is 14.2 Å². The van der Waals surface area contributed by atoms with Crippen molar-refractivity contribution in [1.82, 2.24) is 10.2 Å². The van der Waals surface area contributed by atoms with Crippen molar-refractivity contribution in [3.63, 3.8) is 0 Å². The molecule has 1 amide bonds. The van der Waals surface area contributed by atoms with E-state index in [9.17, 15) is 14.9 Å². The number of amides is 1. The van der Waals surface area contributed by atoms with Gasteiger partial charge in [-0.1, -0.05) is 30.3 Å². The molecule has 184 valence electrons. The third-order valence-corrected chi connectivity index (χ3v) is 6.69. The third-order valence-electron chi connectivity index (χ3n) is 6.69. The van der Waals surface area contributed by atoms with Crippen LogP contribution >= 0.6 is 0 Å². The number of Topliss-reactive ketones (excluding diaryl/α,β-unsaturated/α-hetero) is 1. The minimum atomic E-state index is -0.348. The van der Waals surface area contributed by atoms with Gasteiger partial charge in [0.15, 0.2) is 17.3 Å². The van der Waals surface area contributed by atoms with E-state index in [0.29, 0.717) is 55.4 Å². The van der Waals surface area contributed by atoms with Crippen LogP contribution in [0.4, 0.5) is 0 Å². The maximum absolute atomic E-state index is 13.1. The zero-order chi connectivity index (χ0) is 24.8. The Morgan fingerprint density at radius 1 is 1.14 bits per heavy atom. The van der Waals surface area contributed by atoms with Gasteiger partial charge in [0, 0.05) is 18.5 Å². The van der Waals surface area contributed by atoms with Gasteiger partial charge in [-0.2, -0.15) is 5.26 Å². The molecule has 8 nitrogen and oxygen atoms in total. The largest absolute Gasteiger partial charge is 0.493 e. The summed E-state index contributed by atoms with van der Waals surface area (Å²) in [7, 11) is 3.06. The van der Waals surface area contributed by atoms with Crippen molar-refractivity contribution < 1.29 is 23.8 Å². The van der Waals surface area contributed by atoms with Gasteiger partial charge in [-0.25, -0.2) is 0 Å². The minimum Gasteiger partial charge on any atom is -0.493 e. The molecular formula is C27H31N3O5.